The smallest absolute Gasteiger partial charge is 0.251 e. The molecule has 0 bridgehead atoms. The number of piperazine rings is 1. The van der Waals surface area contributed by atoms with E-state index in [2.05, 4.69) is 4.90 Å². The van der Waals surface area contributed by atoms with Crippen molar-refractivity contribution in [1.29, 1.82) is 0 Å². The lowest BCUT2D eigenvalue weighted by atomic mass is 10.1. The van der Waals surface area contributed by atoms with E-state index in [0.29, 0.717) is 61.3 Å². The molecule has 11 heteroatoms. The van der Waals surface area contributed by atoms with Crippen molar-refractivity contribution >= 4 is 28.7 Å². The molecule has 6 rings (SSSR count). The van der Waals surface area contributed by atoms with Crippen LogP contribution in [0.1, 0.15) is 12.8 Å². The van der Waals surface area contributed by atoms with E-state index in [-0.39, 0.29) is 12.0 Å². The summed E-state index contributed by atoms with van der Waals surface area (Å²) in [5, 5.41) is 5.45. The van der Waals surface area contributed by atoms with Gasteiger partial charge in [0, 0.05) is 38.3 Å². The molecule has 1 amide bonds. The lowest BCUT2D eigenvalue weighted by Crippen LogP contribution is -2.51. The van der Waals surface area contributed by atoms with Gasteiger partial charge in [0.05, 0.1) is 31.0 Å². The highest BCUT2D eigenvalue weighted by Crippen LogP contribution is 2.34. The summed E-state index contributed by atoms with van der Waals surface area (Å²) in [6, 6.07) is 15.2. The van der Waals surface area contributed by atoms with Gasteiger partial charge in [-0.3, -0.25) is 4.79 Å². The number of anilines is 2. The largest absolute Gasteiger partial charge is 0.497 e. The summed E-state index contributed by atoms with van der Waals surface area (Å²) in [7, 11) is 3.26. The van der Waals surface area contributed by atoms with E-state index in [0.717, 1.165) is 35.6 Å². The maximum atomic E-state index is 12.8. The highest BCUT2D eigenvalue weighted by molar-refractivity contribution is 5.99. The van der Waals surface area contributed by atoms with Crippen molar-refractivity contribution in [3.63, 3.8) is 0 Å². The van der Waals surface area contributed by atoms with Gasteiger partial charge in [-0.15, -0.1) is 5.10 Å². The van der Waals surface area contributed by atoms with Crippen molar-refractivity contribution < 1.29 is 19.0 Å². The summed E-state index contributed by atoms with van der Waals surface area (Å²) in [5.74, 6) is 2.57. The molecule has 2 aromatic carbocycles. The number of carbonyl (C=O) groups is 1. The Balaban J connectivity index is 1.37. The predicted octanol–water partition coefficient (Wildman–Crippen LogP) is 2.91. The van der Waals surface area contributed by atoms with Crippen molar-refractivity contribution in [2.24, 2.45) is 0 Å². The van der Waals surface area contributed by atoms with E-state index in [4.69, 9.17) is 35.0 Å². The molecule has 2 aliphatic rings. The fraction of sp³-hybridized carbons (Fsp3) is 0.357. The highest BCUT2D eigenvalue weighted by atomic mass is 16.5. The first-order chi connectivity index (χ1) is 19.1. The second-order valence-electron chi connectivity index (χ2n) is 9.61. The fourth-order valence-corrected chi connectivity index (χ4v) is 5.12. The number of carbonyl (C=O) groups excluding carboxylic acids is 1. The van der Waals surface area contributed by atoms with Crippen LogP contribution in [0.4, 0.5) is 11.8 Å². The van der Waals surface area contributed by atoms with Crippen molar-refractivity contribution in [3.8, 4) is 28.4 Å². The van der Waals surface area contributed by atoms with E-state index in [9.17, 15) is 4.79 Å². The Morgan fingerprint density at radius 3 is 2.23 bits per heavy atom. The summed E-state index contributed by atoms with van der Waals surface area (Å²) >= 11 is 0. The van der Waals surface area contributed by atoms with E-state index in [1.165, 1.54) is 0 Å². The number of hydrogen-bond donors (Lipinski definition) is 1. The van der Waals surface area contributed by atoms with Gasteiger partial charge in [-0.05, 0) is 61.4 Å². The molecule has 2 aliphatic heterocycles. The number of fused-ring (bicyclic) bond motifs is 1. The molecule has 0 saturated carbocycles. The van der Waals surface area contributed by atoms with E-state index in [1.54, 1.807) is 18.9 Å². The third kappa shape index (κ3) is 4.69. The average Bonchev–Trinajstić information content (AvgIpc) is 3.65. The van der Waals surface area contributed by atoms with Gasteiger partial charge in [-0.1, -0.05) is 0 Å². The van der Waals surface area contributed by atoms with Crippen LogP contribution in [-0.2, 0) is 9.53 Å². The Hall–Kier alpha value is -4.38. The van der Waals surface area contributed by atoms with Gasteiger partial charge in [0.15, 0.2) is 5.65 Å². The number of amides is 1. The monoisotopic (exact) mass is 529 g/mol. The third-order valence-corrected chi connectivity index (χ3v) is 7.32. The highest BCUT2D eigenvalue weighted by Gasteiger charge is 2.31. The number of nitrogens with two attached hydrogens (primary N) is 1. The number of rotatable bonds is 6. The van der Waals surface area contributed by atoms with Gasteiger partial charge < -0.3 is 29.7 Å². The van der Waals surface area contributed by atoms with Crippen LogP contribution < -0.4 is 20.1 Å². The van der Waals surface area contributed by atoms with Gasteiger partial charge in [0.2, 0.25) is 5.95 Å². The molecule has 2 aromatic heterocycles. The number of hydrogen-bond acceptors (Lipinski definition) is 9. The molecular weight excluding hydrogens is 498 g/mol. The molecule has 0 radical (unpaired) electrons. The summed E-state index contributed by atoms with van der Waals surface area (Å²) in [6.07, 6.45) is 1.42. The van der Waals surface area contributed by atoms with Gasteiger partial charge in [-0.25, -0.2) is 9.67 Å². The topological polar surface area (TPSA) is 121 Å². The molecule has 1 unspecified atom stereocenters. The Bertz CT molecular complexity index is 1470. The van der Waals surface area contributed by atoms with Crippen LogP contribution in [-0.4, -0.2) is 83.7 Å². The van der Waals surface area contributed by atoms with Crippen molar-refractivity contribution in [2.45, 2.75) is 18.9 Å². The molecule has 0 aliphatic carbocycles. The molecule has 4 heterocycles. The minimum absolute atomic E-state index is 0.0773. The molecule has 11 nitrogen and oxygen atoms in total. The number of methoxy groups -OCH3 is 2. The van der Waals surface area contributed by atoms with E-state index < -0.39 is 0 Å². The summed E-state index contributed by atoms with van der Waals surface area (Å²) < 4.78 is 17.9. The Morgan fingerprint density at radius 2 is 1.62 bits per heavy atom. The average molecular weight is 530 g/mol. The number of benzene rings is 2. The third-order valence-electron chi connectivity index (χ3n) is 7.32. The van der Waals surface area contributed by atoms with E-state index in [1.807, 2.05) is 53.4 Å². The SMILES string of the molecule is COc1ccc(-c2nc(N3CCN(C(=O)C4CCCO4)CC3)nc3nn(-c4ccc(OC)cc4)c(N)c23)cc1. The van der Waals surface area contributed by atoms with Crippen LogP contribution in [0.15, 0.2) is 48.5 Å². The zero-order valence-corrected chi connectivity index (χ0v) is 22.0. The van der Waals surface area contributed by atoms with Crippen LogP contribution in [0, 0.1) is 0 Å². The molecule has 2 fully saturated rings. The molecule has 202 valence electrons. The van der Waals surface area contributed by atoms with Gasteiger partial charge in [0.25, 0.3) is 5.91 Å². The number of ether oxygens (including phenoxy) is 3. The summed E-state index contributed by atoms with van der Waals surface area (Å²) in [4.78, 5) is 26.6. The van der Waals surface area contributed by atoms with Crippen LogP contribution in [0.3, 0.4) is 0 Å². The zero-order chi connectivity index (χ0) is 26.9. The Kier molecular flexibility index (Phi) is 6.65. The minimum atomic E-state index is -0.310. The van der Waals surface area contributed by atoms with Crippen molar-refractivity contribution in [3.05, 3.63) is 48.5 Å². The summed E-state index contributed by atoms with van der Waals surface area (Å²) in [5.41, 5.74) is 9.52. The predicted molar refractivity (Wildman–Crippen MR) is 147 cm³/mol. The second-order valence-corrected chi connectivity index (χ2v) is 9.61. The molecular formula is C28H31N7O4. The van der Waals surface area contributed by atoms with Gasteiger partial charge >= 0.3 is 0 Å². The maximum Gasteiger partial charge on any atom is 0.251 e. The standard InChI is InChI=1S/C28H31N7O4/c1-37-20-9-5-18(6-10-20)24-23-25(29)35(19-7-11-21(38-2)12-8-19)32-26(23)31-28(30-24)34-15-13-33(14-16-34)27(36)22-4-3-17-39-22/h5-12,22H,3-4,13-17,29H2,1-2H3. The lowest BCUT2D eigenvalue weighted by molar-refractivity contribution is -0.141. The van der Waals surface area contributed by atoms with Crippen molar-refractivity contribution in [1.82, 2.24) is 24.6 Å². The Morgan fingerprint density at radius 1 is 0.949 bits per heavy atom. The minimum Gasteiger partial charge on any atom is -0.497 e. The normalized spacial score (nSPS) is 17.5. The van der Waals surface area contributed by atoms with Gasteiger partial charge in [-0.2, -0.15) is 4.98 Å². The van der Waals surface area contributed by atoms with Crippen molar-refractivity contribution in [2.75, 3.05) is 57.6 Å². The Labute approximate surface area is 226 Å². The van der Waals surface area contributed by atoms with Gasteiger partial charge in [0.1, 0.15) is 23.4 Å². The maximum absolute atomic E-state index is 12.8. The lowest BCUT2D eigenvalue weighted by Gasteiger charge is -2.35. The first-order valence-electron chi connectivity index (χ1n) is 13.1. The zero-order valence-electron chi connectivity index (χ0n) is 22.0. The molecule has 0 spiro atoms. The molecule has 1 atom stereocenters. The van der Waals surface area contributed by atoms with Crippen LogP contribution >= 0.6 is 0 Å². The second kappa shape index (κ2) is 10.4. The fourth-order valence-electron chi connectivity index (χ4n) is 5.12. The molecule has 4 aromatic rings. The first kappa shape index (κ1) is 24.9. The van der Waals surface area contributed by atoms with E-state index >= 15 is 0 Å². The number of nitrogen functional groups attached to an aromatic ring is 1. The molecule has 2 N–H and O–H groups in total. The first-order valence-corrected chi connectivity index (χ1v) is 13.1. The van der Waals surface area contributed by atoms with Crippen LogP contribution in [0.2, 0.25) is 0 Å². The summed E-state index contributed by atoms with van der Waals surface area (Å²) in [6.45, 7) is 3.05. The number of nitrogens with zero attached hydrogens (tertiary/aromatic N) is 6. The van der Waals surface area contributed by atoms with Crippen LogP contribution in [0.5, 0.6) is 11.5 Å². The molecule has 39 heavy (non-hydrogen) atoms. The molecule has 2 saturated heterocycles. The van der Waals surface area contributed by atoms with Crippen LogP contribution in [0.25, 0.3) is 28.0 Å². The quantitative estimate of drug-likeness (QED) is 0.402. The number of aromatic nitrogens is 4.